The fourth-order valence-electron chi connectivity index (χ4n) is 5.25. The molecule has 0 bridgehead atoms. The fraction of sp³-hybridized carbons (Fsp3) is 0.621. The number of sulfone groups is 1. The number of alkyl halides is 1. The van der Waals surface area contributed by atoms with Crippen molar-refractivity contribution in [2.75, 3.05) is 29.5 Å². The molecule has 1 N–H and O–H groups in total. The van der Waals surface area contributed by atoms with Crippen LogP contribution in [0.3, 0.4) is 0 Å². The van der Waals surface area contributed by atoms with Crippen LogP contribution in [0.5, 0.6) is 0 Å². The van der Waals surface area contributed by atoms with E-state index in [1.807, 2.05) is 58.9 Å². The number of benzene rings is 1. The standard InChI is InChI=1S/C29H39FN4O4S/c1-18(2)24(17-31)32-27(35)23-16-20(30)8-11-22(23)25-26(38-28(33-25)29(3,4)5)19-6-9-21(10-7-19)34-12-14-39(36,37)15-13-34/h6-7,9-10,18,20,22-24H,8,11-16H2,1-5H3,(H,32,35)/t20-,22+,23+,24+/m0/s1. The zero-order valence-corrected chi connectivity index (χ0v) is 24.2. The Morgan fingerprint density at radius 2 is 1.82 bits per heavy atom. The van der Waals surface area contributed by atoms with Crippen molar-refractivity contribution in [3.05, 3.63) is 35.9 Å². The van der Waals surface area contributed by atoms with E-state index in [1.54, 1.807) is 0 Å². The normalized spacial score (nSPS) is 24.3. The van der Waals surface area contributed by atoms with Gasteiger partial charge < -0.3 is 14.6 Å². The van der Waals surface area contributed by atoms with Crippen LogP contribution in [-0.4, -0.2) is 56.1 Å². The van der Waals surface area contributed by atoms with Crippen LogP contribution in [-0.2, 0) is 20.0 Å². The molecule has 39 heavy (non-hydrogen) atoms. The Kier molecular flexibility index (Phi) is 8.41. The summed E-state index contributed by atoms with van der Waals surface area (Å²) in [6.07, 6.45) is -0.252. The summed E-state index contributed by atoms with van der Waals surface area (Å²) >= 11 is 0. The first kappa shape index (κ1) is 29.1. The minimum absolute atomic E-state index is 0.0701. The van der Waals surface area contributed by atoms with E-state index >= 15 is 0 Å². The van der Waals surface area contributed by atoms with Crippen LogP contribution in [0.15, 0.2) is 28.7 Å². The second kappa shape index (κ2) is 11.3. The molecule has 1 amide bonds. The molecule has 1 aliphatic carbocycles. The van der Waals surface area contributed by atoms with Crippen molar-refractivity contribution < 1.29 is 22.0 Å². The predicted molar refractivity (Wildman–Crippen MR) is 149 cm³/mol. The molecule has 4 atom stereocenters. The minimum atomic E-state index is -2.98. The van der Waals surface area contributed by atoms with E-state index in [9.17, 15) is 22.9 Å². The summed E-state index contributed by atoms with van der Waals surface area (Å²) < 4.78 is 44.6. The topological polar surface area (TPSA) is 116 Å². The van der Waals surface area contributed by atoms with Crippen molar-refractivity contribution in [3.63, 3.8) is 0 Å². The highest BCUT2D eigenvalue weighted by Gasteiger charge is 2.41. The monoisotopic (exact) mass is 558 g/mol. The zero-order chi connectivity index (χ0) is 28.5. The summed E-state index contributed by atoms with van der Waals surface area (Å²) in [5.41, 5.74) is 1.98. The molecule has 10 heteroatoms. The molecule has 0 unspecified atom stereocenters. The summed E-state index contributed by atoms with van der Waals surface area (Å²) in [6.45, 7) is 10.6. The molecule has 2 heterocycles. The van der Waals surface area contributed by atoms with Crippen LogP contribution in [0, 0.1) is 23.2 Å². The number of nitrogens with one attached hydrogen (secondary N) is 1. The number of aromatic nitrogens is 1. The van der Waals surface area contributed by atoms with E-state index in [-0.39, 0.29) is 41.1 Å². The first-order valence-electron chi connectivity index (χ1n) is 13.7. The highest BCUT2D eigenvalue weighted by atomic mass is 32.2. The number of oxazole rings is 1. The van der Waals surface area contributed by atoms with Gasteiger partial charge in [0, 0.05) is 41.6 Å². The maximum atomic E-state index is 14.6. The number of halogens is 1. The number of amides is 1. The molecule has 1 aromatic heterocycles. The maximum absolute atomic E-state index is 14.6. The summed E-state index contributed by atoms with van der Waals surface area (Å²) in [4.78, 5) is 20.3. The molecule has 8 nitrogen and oxygen atoms in total. The highest BCUT2D eigenvalue weighted by Crippen LogP contribution is 2.44. The Hall–Kier alpha value is -2.93. The van der Waals surface area contributed by atoms with Gasteiger partial charge in [-0.3, -0.25) is 4.79 Å². The van der Waals surface area contributed by atoms with E-state index < -0.39 is 28.0 Å². The second-order valence-corrected chi connectivity index (χ2v) is 14.5. The lowest BCUT2D eigenvalue weighted by atomic mass is 9.75. The third kappa shape index (κ3) is 6.63. The summed E-state index contributed by atoms with van der Waals surface area (Å²) in [7, 11) is -2.98. The average Bonchev–Trinajstić information content (AvgIpc) is 3.33. The Balaban J connectivity index is 1.68. The number of hydrogen-bond donors (Lipinski definition) is 1. The molecule has 2 aliphatic rings. The van der Waals surface area contributed by atoms with E-state index in [1.165, 1.54) is 0 Å². The van der Waals surface area contributed by atoms with Crippen LogP contribution in [0.2, 0.25) is 0 Å². The van der Waals surface area contributed by atoms with Crippen molar-refractivity contribution in [2.24, 2.45) is 11.8 Å². The van der Waals surface area contributed by atoms with Gasteiger partial charge in [-0.1, -0.05) is 34.6 Å². The van der Waals surface area contributed by atoms with Gasteiger partial charge in [0.15, 0.2) is 15.6 Å². The average molecular weight is 559 g/mol. The van der Waals surface area contributed by atoms with Gasteiger partial charge in [-0.15, -0.1) is 0 Å². The van der Waals surface area contributed by atoms with Crippen molar-refractivity contribution in [3.8, 4) is 17.4 Å². The maximum Gasteiger partial charge on any atom is 0.224 e. The van der Waals surface area contributed by atoms with Gasteiger partial charge in [-0.05, 0) is 49.4 Å². The Morgan fingerprint density at radius 3 is 2.38 bits per heavy atom. The van der Waals surface area contributed by atoms with Crippen LogP contribution >= 0.6 is 0 Å². The minimum Gasteiger partial charge on any atom is -0.440 e. The first-order chi connectivity index (χ1) is 18.3. The summed E-state index contributed by atoms with van der Waals surface area (Å²) in [6, 6.07) is 9.22. The molecular weight excluding hydrogens is 519 g/mol. The fourth-order valence-corrected chi connectivity index (χ4v) is 6.45. The number of hydrogen-bond acceptors (Lipinski definition) is 7. The van der Waals surface area contributed by atoms with E-state index in [2.05, 4.69) is 16.3 Å². The van der Waals surface area contributed by atoms with Gasteiger partial charge in [0.05, 0.1) is 23.3 Å². The van der Waals surface area contributed by atoms with Gasteiger partial charge in [0.25, 0.3) is 0 Å². The van der Waals surface area contributed by atoms with Crippen molar-refractivity contribution in [2.45, 2.75) is 77.4 Å². The van der Waals surface area contributed by atoms with Crippen LogP contribution in [0.1, 0.15) is 71.4 Å². The molecule has 212 valence electrons. The molecule has 1 aromatic carbocycles. The van der Waals surface area contributed by atoms with Gasteiger partial charge in [0.2, 0.25) is 11.8 Å². The Bertz CT molecular complexity index is 1310. The van der Waals surface area contributed by atoms with Crippen LogP contribution in [0.25, 0.3) is 11.3 Å². The van der Waals surface area contributed by atoms with Gasteiger partial charge in [-0.2, -0.15) is 5.26 Å². The molecule has 0 radical (unpaired) electrons. The Labute approximate surface area is 230 Å². The molecular formula is C29H39FN4O4S. The second-order valence-electron chi connectivity index (χ2n) is 12.2. The lowest BCUT2D eigenvalue weighted by Crippen LogP contribution is -2.44. The number of nitriles is 1. The van der Waals surface area contributed by atoms with Gasteiger partial charge in [-0.25, -0.2) is 17.8 Å². The zero-order valence-electron chi connectivity index (χ0n) is 23.4. The largest absolute Gasteiger partial charge is 0.440 e. The third-order valence-electron chi connectivity index (χ3n) is 7.71. The SMILES string of the molecule is CC(C)[C@@H](C#N)NC(=O)[C@@H]1C[C@@H](F)CC[C@H]1c1nc(C(C)(C)C)oc1-c1ccc(N2CCS(=O)(=O)CC2)cc1. The molecule has 1 aliphatic heterocycles. The van der Waals surface area contributed by atoms with E-state index in [0.29, 0.717) is 43.3 Å². The summed E-state index contributed by atoms with van der Waals surface area (Å²) in [5, 5.41) is 12.3. The number of rotatable bonds is 6. The van der Waals surface area contributed by atoms with Crippen LogP contribution < -0.4 is 10.2 Å². The number of anilines is 1. The van der Waals surface area contributed by atoms with Gasteiger partial charge in [0.1, 0.15) is 12.2 Å². The Morgan fingerprint density at radius 1 is 1.18 bits per heavy atom. The quantitative estimate of drug-likeness (QED) is 0.543. The van der Waals surface area contributed by atoms with Crippen molar-refractivity contribution in [1.29, 1.82) is 5.26 Å². The molecule has 0 spiro atoms. The molecule has 2 fully saturated rings. The van der Waals surface area contributed by atoms with Crippen molar-refractivity contribution in [1.82, 2.24) is 10.3 Å². The molecule has 1 saturated carbocycles. The number of carbonyl (C=O) groups excluding carboxylic acids is 1. The highest BCUT2D eigenvalue weighted by molar-refractivity contribution is 7.91. The summed E-state index contributed by atoms with van der Waals surface area (Å²) in [5.74, 6) is -0.0508. The molecule has 4 rings (SSSR count). The predicted octanol–water partition coefficient (Wildman–Crippen LogP) is 4.76. The first-order valence-corrected chi connectivity index (χ1v) is 15.5. The van der Waals surface area contributed by atoms with Crippen molar-refractivity contribution >= 4 is 21.4 Å². The van der Waals surface area contributed by atoms with E-state index in [0.717, 1.165) is 11.3 Å². The third-order valence-corrected chi connectivity index (χ3v) is 9.32. The smallest absolute Gasteiger partial charge is 0.224 e. The lowest BCUT2D eigenvalue weighted by Gasteiger charge is -2.32. The number of carbonyl (C=O) groups is 1. The molecule has 1 saturated heterocycles. The van der Waals surface area contributed by atoms with Gasteiger partial charge >= 0.3 is 0 Å². The lowest BCUT2D eigenvalue weighted by molar-refractivity contribution is -0.128. The number of nitrogens with zero attached hydrogens (tertiary/aromatic N) is 3. The van der Waals surface area contributed by atoms with E-state index in [4.69, 9.17) is 9.40 Å². The molecule has 2 aromatic rings. The van der Waals surface area contributed by atoms with Crippen LogP contribution in [0.4, 0.5) is 10.1 Å².